The van der Waals surface area contributed by atoms with Gasteiger partial charge in [-0.05, 0) is 45.5 Å². The zero-order valence-electron chi connectivity index (χ0n) is 12.5. The molecule has 0 bridgehead atoms. The smallest absolute Gasteiger partial charge is 0.258 e. The first-order valence-corrected chi connectivity index (χ1v) is 6.86. The summed E-state index contributed by atoms with van der Waals surface area (Å²) in [4.78, 5) is 11.7. The van der Waals surface area contributed by atoms with E-state index in [4.69, 9.17) is 4.74 Å². The van der Waals surface area contributed by atoms with Gasteiger partial charge in [-0.2, -0.15) is 0 Å². The highest BCUT2D eigenvalue weighted by molar-refractivity contribution is 5.77. The first kappa shape index (κ1) is 16.4. The van der Waals surface area contributed by atoms with Gasteiger partial charge in [0.2, 0.25) is 0 Å². The summed E-state index contributed by atoms with van der Waals surface area (Å²) in [7, 11) is 1.79. The molecule has 0 aliphatic heterocycles. The van der Waals surface area contributed by atoms with Crippen LogP contribution >= 0.6 is 0 Å². The molecule has 0 fully saturated rings. The summed E-state index contributed by atoms with van der Waals surface area (Å²) >= 11 is 0. The Bertz CT molecular complexity index is 451. The number of rotatable bonds is 7. The third kappa shape index (κ3) is 4.81. The molecular formula is C15H23FN2O2. The summed E-state index contributed by atoms with van der Waals surface area (Å²) in [6, 6.07) is 4.36. The summed E-state index contributed by atoms with van der Waals surface area (Å²) in [5.41, 5.74) is 0.698. The Morgan fingerprint density at radius 2 is 2.10 bits per heavy atom. The lowest BCUT2D eigenvalue weighted by atomic mass is 10.1. The number of carbonyl (C=O) groups is 1. The minimum atomic E-state index is -0.321. The highest BCUT2D eigenvalue weighted by Crippen LogP contribution is 2.25. The number of hydrogen-bond acceptors (Lipinski definition) is 3. The Balaban J connectivity index is 2.70. The second kappa shape index (κ2) is 7.85. The topological polar surface area (TPSA) is 50.4 Å². The standard InChI is InChI=1S/C15H23FN2O2/c1-5-10(2)18-15(19)9-20-14-7-6-12(16)8-13(14)11(3)17-4/h6-8,10-11,17H,5,9H2,1-4H3,(H,18,19). The molecule has 0 aromatic heterocycles. The van der Waals surface area contributed by atoms with Crippen molar-refractivity contribution in [1.29, 1.82) is 0 Å². The molecule has 0 heterocycles. The fourth-order valence-electron chi connectivity index (χ4n) is 1.71. The van der Waals surface area contributed by atoms with Gasteiger partial charge >= 0.3 is 0 Å². The van der Waals surface area contributed by atoms with E-state index in [0.717, 1.165) is 6.42 Å². The normalized spacial score (nSPS) is 13.7. The fraction of sp³-hybridized carbons (Fsp3) is 0.533. The van der Waals surface area contributed by atoms with Gasteiger partial charge in [0.1, 0.15) is 11.6 Å². The minimum absolute atomic E-state index is 0.0571. The van der Waals surface area contributed by atoms with Gasteiger partial charge < -0.3 is 15.4 Å². The van der Waals surface area contributed by atoms with Crippen LogP contribution in [0.4, 0.5) is 4.39 Å². The van der Waals surface area contributed by atoms with Crippen LogP contribution in [-0.2, 0) is 4.79 Å². The highest BCUT2D eigenvalue weighted by atomic mass is 19.1. The van der Waals surface area contributed by atoms with Crippen LogP contribution in [0.25, 0.3) is 0 Å². The van der Waals surface area contributed by atoms with Crippen molar-refractivity contribution in [3.8, 4) is 5.75 Å². The number of halogens is 1. The number of amides is 1. The molecule has 1 aromatic carbocycles. The van der Waals surface area contributed by atoms with Crippen LogP contribution in [0.5, 0.6) is 5.75 Å². The lowest BCUT2D eigenvalue weighted by Crippen LogP contribution is -2.35. The summed E-state index contributed by atoms with van der Waals surface area (Å²) in [5.74, 6) is 0.0257. The van der Waals surface area contributed by atoms with Gasteiger partial charge in [0.25, 0.3) is 5.91 Å². The lowest BCUT2D eigenvalue weighted by Gasteiger charge is -2.17. The predicted molar refractivity (Wildman–Crippen MR) is 77.3 cm³/mol. The Morgan fingerprint density at radius 3 is 2.70 bits per heavy atom. The molecule has 0 aliphatic carbocycles. The van der Waals surface area contributed by atoms with Crippen LogP contribution in [0.2, 0.25) is 0 Å². The van der Waals surface area contributed by atoms with Crippen molar-refractivity contribution >= 4 is 5.91 Å². The van der Waals surface area contributed by atoms with E-state index in [9.17, 15) is 9.18 Å². The molecule has 5 heteroatoms. The summed E-state index contributed by atoms with van der Waals surface area (Å²) in [5, 5.41) is 5.85. The summed E-state index contributed by atoms with van der Waals surface area (Å²) < 4.78 is 18.8. The van der Waals surface area contributed by atoms with Gasteiger partial charge in [-0.1, -0.05) is 6.92 Å². The molecule has 0 radical (unpaired) electrons. The zero-order chi connectivity index (χ0) is 15.1. The number of nitrogens with one attached hydrogen (secondary N) is 2. The molecule has 0 aliphatic rings. The van der Waals surface area contributed by atoms with E-state index in [1.54, 1.807) is 13.1 Å². The average Bonchev–Trinajstić information content (AvgIpc) is 2.44. The second-order valence-electron chi connectivity index (χ2n) is 4.86. The molecule has 2 atom stereocenters. The van der Waals surface area contributed by atoms with Crippen LogP contribution in [-0.4, -0.2) is 25.6 Å². The molecule has 1 aromatic rings. The average molecular weight is 282 g/mol. The molecule has 0 spiro atoms. The number of benzene rings is 1. The van der Waals surface area contributed by atoms with Gasteiger partial charge in [0.15, 0.2) is 6.61 Å². The van der Waals surface area contributed by atoms with Crippen molar-refractivity contribution in [2.45, 2.75) is 39.3 Å². The predicted octanol–water partition coefficient (Wildman–Crippen LogP) is 2.40. The van der Waals surface area contributed by atoms with E-state index in [-0.39, 0.29) is 30.4 Å². The van der Waals surface area contributed by atoms with Crippen LogP contribution in [0.1, 0.15) is 38.8 Å². The van der Waals surface area contributed by atoms with Crippen molar-refractivity contribution < 1.29 is 13.9 Å². The maximum absolute atomic E-state index is 13.3. The Hall–Kier alpha value is -1.62. The quantitative estimate of drug-likeness (QED) is 0.807. The van der Waals surface area contributed by atoms with Gasteiger partial charge in [0, 0.05) is 17.6 Å². The van der Waals surface area contributed by atoms with Crippen molar-refractivity contribution in [2.75, 3.05) is 13.7 Å². The molecule has 1 rings (SSSR count). The number of hydrogen-bond donors (Lipinski definition) is 2. The molecule has 1 amide bonds. The SMILES string of the molecule is CCC(C)NC(=O)COc1ccc(F)cc1C(C)NC. The second-order valence-corrected chi connectivity index (χ2v) is 4.86. The third-order valence-electron chi connectivity index (χ3n) is 3.25. The van der Waals surface area contributed by atoms with E-state index >= 15 is 0 Å². The summed E-state index contributed by atoms with van der Waals surface area (Å²) in [6.45, 7) is 5.77. The van der Waals surface area contributed by atoms with Crippen LogP contribution in [0.3, 0.4) is 0 Å². The van der Waals surface area contributed by atoms with Crippen LogP contribution in [0.15, 0.2) is 18.2 Å². The largest absolute Gasteiger partial charge is 0.483 e. The molecule has 4 nitrogen and oxygen atoms in total. The van der Waals surface area contributed by atoms with Crippen molar-refractivity contribution in [3.05, 3.63) is 29.6 Å². The number of ether oxygens (including phenoxy) is 1. The molecule has 0 saturated heterocycles. The molecule has 2 N–H and O–H groups in total. The van der Waals surface area contributed by atoms with Crippen molar-refractivity contribution in [1.82, 2.24) is 10.6 Å². The molecule has 112 valence electrons. The van der Waals surface area contributed by atoms with E-state index in [1.165, 1.54) is 12.1 Å². The molecule has 0 saturated carbocycles. The summed E-state index contributed by atoms with van der Waals surface area (Å²) in [6.07, 6.45) is 0.865. The van der Waals surface area contributed by atoms with Gasteiger partial charge in [-0.3, -0.25) is 4.79 Å². The Morgan fingerprint density at radius 1 is 1.40 bits per heavy atom. The Labute approximate surface area is 119 Å². The van der Waals surface area contributed by atoms with Crippen molar-refractivity contribution in [2.24, 2.45) is 0 Å². The first-order chi connectivity index (χ1) is 9.47. The van der Waals surface area contributed by atoms with Crippen molar-refractivity contribution in [3.63, 3.8) is 0 Å². The van der Waals surface area contributed by atoms with E-state index < -0.39 is 0 Å². The first-order valence-electron chi connectivity index (χ1n) is 6.86. The van der Waals surface area contributed by atoms with Gasteiger partial charge in [0.05, 0.1) is 0 Å². The zero-order valence-corrected chi connectivity index (χ0v) is 12.5. The molecular weight excluding hydrogens is 259 g/mol. The fourth-order valence-corrected chi connectivity index (χ4v) is 1.71. The maximum Gasteiger partial charge on any atom is 0.258 e. The van der Waals surface area contributed by atoms with Gasteiger partial charge in [-0.15, -0.1) is 0 Å². The maximum atomic E-state index is 13.3. The third-order valence-corrected chi connectivity index (χ3v) is 3.25. The van der Waals surface area contributed by atoms with E-state index in [2.05, 4.69) is 10.6 Å². The Kier molecular flexibility index (Phi) is 6.45. The van der Waals surface area contributed by atoms with E-state index in [0.29, 0.717) is 11.3 Å². The number of carbonyl (C=O) groups excluding carboxylic acids is 1. The van der Waals surface area contributed by atoms with E-state index in [1.807, 2.05) is 20.8 Å². The minimum Gasteiger partial charge on any atom is -0.483 e. The lowest BCUT2D eigenvalue weighted by molar-refractivity contribution is -0.123. The molecule has 2 unspecified atom stereocenters. The molecule has 20 heavy (non-hydrogen) atoms. The highest BCUT2D eigenvalue weighted by Gasteiger charge is 2.13. The monoisotopic (exact) mass is 282 g/mol. The van der Waals surface area contributed by atoms with Crippen LogP contribution in [0, 0.1) is 5.82 Å². The van der Waals surface area contributed by atoms with Gasteiger partial charge in [-0.25, -0.2) is 4.39 Å². The van der Waals surface area contributed by atoms with Crippen LogP contribution < -0.4 is 15.4 Å².